The molecule has 0 radical (unpaired) electrons. The molecule has 0 bridgehead atoms. The third-order valence-corrected chi connectivity index (χ3v) is 1.78. The van der Waals surface area contributed by atoms with Crippen molar-refractivity contribution in [2.45, 2.75) is 32.6 Å². The molecule has 0 aliphatic rings. The average molecular weight is 207 g/mol. The highest BCUT2D eigenvalue weighted by molar-refractivity contribution is 5.14. The first-order chi connectivity index (χ1) is 6.36. The molecule has 14 heavy (non-hydrogen) atoms. The first-order valence-electron chi connectivity index (χ1n) is 4.22. The zero-order chi connectivity index (χ0) is 10.9. The molecule has 0 atom stereocenters. The lowest BCUT2D eigenvalue weighted by atomic mass is 10.3. The third-order valence-electron chi connectivity index (χ3n) is 1.78. The van der Waals surface area contributed by atoms with Gasteiger partial charge in [-0.1, -0.05) is 0 Å². The summed E-state index contributed by atoms with van der Waals surface area (Å²) >= 11 is 0. The summed E-state index contributed by atoms with van der Waals surface area (Å²) in [6.07, 6.45) is -4.37. The van der Waals surface area contributed by atoms with E-state index in [1.807, 2.05) is 0 Å². The molecule has 0 aromatic carbocycles. The molecule has 0 spiro atoms. The van der Waals surface area contributed by atoms with E-state index in [0.717, 1.165) is 10.7 Å². The van der Waals surface area contributed by atoms with Crippen molar-refractivity contribution in [1.82, 2.24) is 9.78 Å². The van der Waals surface area contributed by atoms with E-state index < -0.39 is 11.9 Å². The summed E-state index contributed by atoms with van der Waals surface area (Å²) in [5.74, 6) is 0. The predicted molar refractivity (Wildman–Crippen MR) is 45.5 cm³/mol. The molecule has 1 heterocycles. The van der Waals surface area contributed by atoms with Crippen molar-refractivity contribution in [3.8, 4) is 0 Å². The lowest BCUT2D eigenvalue weighted by Gasteiger charge is -2.12. The maximum atomic E-state index is 12.5. The van der Waals surface area contributed by atoms with Gasteiger partial charge < -0.3 is 5.73 Å². The molecule has 0 aliphatic heterocycles. The second kappa shape index (κ2) is 3.61. The van der Waals surface area contributed by atoms with Crippen LogP contribution in [0.15, 0.2) is 6.07 Å². The summed E-state index contributed by atoms with van der Waals surface area (Å²) in [6.45, 7) is 3.30. The molecule has 0 fully saturated rings. The van der Waals surface area contributed by atoms with E-state index >= 15 is 0 Å². The molecule has 3 nitrogen and oxygen atoms in total. The second-order valence-corrected chi connectivity index (χ2v) is 3.26. The normalized spacial score (nSPS) is 12.5. The van der Waals surface area contributed by atoms with Gasteiger partial charge in [0.25, 0.3) is 0 Å². The highest BCUT2D eigenvalue weighted by Crippen LogP contribution is 2.31. The summed E-state index contributed by atoms with van der Waals surface area (Å²) in [6, 6.07) is 0.659. The zero-order valence-corrected chi connectivity index (χ0v) is 7.97. The van der Waals surface area contributed by atoms with Crippen LogP contribution in [0.1, 0.15) is 31.3 Å². The fraction of sp³-hybridized carbons (Fsp3) is 0.625. The van der Waals surface area contributed by atoms with Crippen LogP contribution in [0.5, 0.6) is 0 Å². The number of alkyl halides is 3. The zero-order valence-electron chi connectivity index (χ0n) is 7.97. The first-order valence-corrected chi connectivity index (χ1v) is 4.22. The minimum atomic E-state index is -4.37. The third kappa shape index (κ3) is 2.06. The van der Waals surface area contributed by atoms with Crippen LogP contribution in [0.3, 0.4) is 0 Å². The van der Waals surface area contributed by atoms with E-state index in [0.29, 0.717) is 0 Å². The number of aromatic nitrogens is 2. The monoisotopic (exact) mass is 207 g/mol. The maximum Gasteiger partial charge on any atom is 0.433 e. The van der Waals surface area contributed by atoms with E-state index in [4.69, 9.17) is 5.73 Å². The van der Waals surface area contributed by atoms with Gasteiger partial charge >= 0.3 is 6.18 Å². The van der Waals surface area contributed by atoms with Crippen LogP contribution in [-0.4, -0.2) is 9.78 Å². The molecule has 2 N–H and O–H groups in total. The summed E-state index contributed by atoms with van der Waals surface area (Å²) in [5, 5.41) is 3.77. The minimum absolute atomic E-state index is 0.0167. The van der Waals surface area contributed by atoms with E-state index in [-0.39, 0.29) is 18.3 Å². The van der Waals surface area contributed by atoms with Gasteiger partial charge in [-0.15, -0.1) is 0 Å². The van der Waals surface area contributed by atoms with Crippen LogP contribution < -0.4 is 5.73 Å². The highest BCUT2D eigenvalue weighted by atomic mass is 19.4. The van der Waals surface area contributed by atoms with Crippen molar-refractivity contribution in [1.29, 1.82) is 0 Å². The molecule has 80 valence electrons. The lowest BCUT2D eigenvalue weighted by molar-refractivity contribution is -0.144. The Morgan fingerprint density at radius 2 is 2.07 bits per heavy atom. The molecule has 1 rings (SSSR count). The SMILES string of the molecule is CC(C)n1nc(CN)cc1C(F)(F)F. The van der Waals surface area contributed by atoms with Crippen molar-refractivity contribution in [3.63, 3.8) is 0 Å². The lowest BCUT2D eigenvalue weighted by Crippen LogP contribution is -2.16. The predicted octanol–water partition coefficient (Wildman–Crippen LogP) is 1.94. The van der Waals surface area contributed by atoms with Gasteiger partial charge in [0.05, 0.1) is 5.69 Å². The number of nitrogens with two attached hydrogens (primary N) is 1. The molecule has 1 aromatic rings. The Balaban J connectivity index is 3.19. The fourth-order valence-electron chi connectivity index (χ4n) is 1.15. The summed E-state index contributed by atoms with van der Waals surface area (Å²) < 4.78 is 38.3. The van der Waals surface area contributed by atoms with E-state index in [1.54, 1.807) is 13.8 Å². The molecule has 0 amide bonds. The van der Waals surface area contributed by atoms with Gasteiger partial charge in [-0.3, -0.25) is 4.68 Å². The Hall–Kier alpha value is -1.04. The Bertz CT molecular complexity index is 314. The number of rotatable bonds is 2. The van der Waals surface area contributed by atoms with Gasteiger partial charge in [-0.05, 0) is 19.9 Å². The first kappa shape index (κ1) is 11.0. The van der Waals surface area contributed by atoms with Crippen LogP contribution in [0.2, 0.25) is 0 Å². The molecule has 6 heteroatoms. The topological polar surface area (TPSA) is 43.8 Å². The van der Waals surface area contributed by atoms with Crippen molar-refractivity contribution in [2.24, 2.45) is 5.73 Å². The Morgan fingerprint density at radius 3 is 2.36 bits per heavy atom. The van der Waals surface area contributed by atoms with E-state index in [1.165, 1.54) is 0 Å². The second-order valence-electron chi connectivity index (χ2n) is 3.26. The number of hydrogen-bond acceptors (Lipinski definition) is 2. The number of hydrogen-bond donors (Lipinski definition) is 1. The highest BCUT2D eigenvalue weighted by Gasteiger charge is 2.36. The summed E-state index contributed by atoms with van der Waals surface area (Å²) in [5.41, 5.74) is 4.75. The molecule has 0 saturated carbocycles. The van der Waals surface area contributed by atoms with Crippen molar-refractivity contribution < 1.29 is 13.2 Å². The largest absolute Gasteiger partial charge is 0.433 e. The van der Waals surface area contributed by atoms with Gasteiger partial charge in [0.1, 0.15) is 5.69 Å². The molecule has 0 aliphatic carbocycles. The Kier molecular flexibility index (Phi) is 2.84. The van der Waals surface area contributed by atoms with Gasteiger partial charge in [-0.25, -0.2) is 0 Å². The average Bonchev–Trinajstić information content (AvgIpc) is 2.46. The van der Waals surface area contributed by atoms with Gasteiger partial charge in [-0.2, -0.15) is 18.3 Å². The standard InChI is InChI=1S/C8H12F3N3/c1-5(2)14-7(8(9,10)11)3-6(4-12)13-14/h3,5H,4,12H2,1-2H3. The van der Waals surface area contributed by atoms with Crippen LogP contribution in [0, 0.1) is 0 Å². The van der Waals surface area contributed by atoms with Crippen LogP contribution in [0.25, 0.3) is 0 Å². The van der Waals surface area contributed by atoms with Crippen LogP contribution in [0.4, 0.5) is 13.2 Å². The molecular weight excluding hydrogens is 195 g/mol. The quantitative estimate of drug-likeness (QED) is 0.805. The van der Waals surface area contributed by atoms with Crippen molar-refractivity contribution in [2.75, 3.05) is 0 Å². The minimum Gasteiger partial charge on any atom is -0.325 e. The molecular formula is C8H12F3N3. The number of nitrogens with zero attached hydrogens (tertiary/aromatic N) is 2. The number of halogens is 3. The van der Waals surface area contributed by atoms with Crippen molar-refractivity contribution in [3.05, 3.63) is 17.5 Å². The summed E-state index contributed by atoms with van der Waals surface area (Å²) in [7, 11) is 0. The van der Waals surface area contributed by atoms with Gasteiger partial charge in [0.2, 0.25) is 0 Å². The maximum absolute atomic E-state index is 12.5. The van der Waals surface area contributed by atoms with E-state index in [9.17, 15) is 13.2 Å². The smallest absolute Gasteiger partial charge is 0.325 e. The fourth-order valence-corrected chi connectivity index (χ4v) is 1.15. The molecule has 0 unspecified atom stereocenters. The van der Waals surface area contributed by atoms with Gasteiger partial charge in [0, 0.05) is 12.6 Å². The Morgan fingerprint density at radius 1 is 1.50 bits per heavy atom. The van der Waals surface area contributed by atoms with Crippen molar-refractivity contribution >= 4 is 0 Å². The van der Waals surface area contributed by atoms with E-state index in [2.05, 4.69) is 5.10 Å². The molecule has 0 saturated heterocycles. The summed E-state index contributed by atoms with van der Waals surface area (Å²) in [4.78, 5) is 0. The molecule has 1 aromatic heterocycles. The van der Waals surface area contributed by atoms with Crippen LogP contribution >= 0.6 is 0 Å². The van der Waals surface area contributed by atoms with Gasteiger partial charge in [0.15, 0.2) is 0 Å². The van der Waals surface area contributed by atoms with Crippen LogP contribution in [-0.2, 0) is 12.7 Å². The Labute approximate surface area is 79.7 Å².